The maximum Gasteiger partial charge on any atom is 0.243 e. The number of amides is 1. The van der Waals surface area contributed by atoms with Crippen LogP contribution in [0.3, 0.4) is 0 Å². The highest BCUT2D eigenvalue weighted by atomic mass is 32.2. The van der Waals surface area contributed by atoms with Crippen LogP contribution >= 0.6 is 0 Å². The first kappa shape index (κ1) is 21.1. The van der Waals surface area contributed by atoms with E-state index in [1.807, 2.05) is 26.0 Å². The summed E-state index contributed by atoms with van der Waals surface area (Å²) in [6, 6.07) is 5.52. The molecule has 7 nitrogen and oxygen atoms in total. The lowest BCUT2D eigenvalue weighted by molar-refractivity contribution is -0.135. The van der Waals surface area contributed by atoms with Crippen molar-refractivity contribution in [1.29, 1.82) is 0 Å². The fourth-order valence-electron chi connectivity index (χ4n) is 4.56. The van der Waals surface area contributed by atoms with Crippen molar-refractivity contribution in [1.82, 2.24) is 14.4 Å². The van der Waals surface area contributed by atoms with Crippen LogP contribution in [-0.4, -0.2) is 48.8 Å². The van der Waals surface area contributed by atoms with Crippen molar-refractivity contribution in [2.75, 3.05) is 20.1 Å². The molecule has 1 aliphatic carbocycles. The van der Waals surface area contributed by atoms with Crippen LogP contribution in [0.1, 0.15) is 47.4 Å². The molecule has 1 fully saturated rings. The topological polar surface area (TPSA) is 83.7 Å². The van der Waals surface area contributed by atoms with Crippen molar-refractivity contribution in [3.05, 3.63) is 46.3 Å². The maximum absolute atomic E-state index is 13.1. The first-order chi connectivity index (χ1) is 14.3. The van der Waals surface area contributed by atoms with Crippen LogP contribution in [0.5, 0.6) is 0 Å². The molecule has 2 heterocycles. The highest BCUT2D eigenvalue weighted by Gasteiger charge is 2.34. The smallest absolute Gasteiger partial charge is 0.243 e. The van der Waals surface area contributed by atoms with Gasteiger partial charge in [-0.1, -0.05) is 11.2 Å². The number of hydrogen-bond acceptors (Lipinski definition) is 5. The highest BCUT2D eigenvalue weighted by molar-refractivity contribution is 7.89. The zero-order chi connectivity index (χ0) is 21.5. The molecule has 0 spiro atoms. The Hall–Kier alpha value is -2.19. The first-order valence-electron chi connectivity index (χ1n) is 10.6. The molecule has 0 atom stereocenters. The Balaban J connectivity index is 1.39. The van der Waals surface area contributed by atoms with Gasteiger partial charge in [-0.05, 0) is 69.2 Å². The van der Waals surface area contributed by atoms with Crippen LogP contribution in [0.15, 0.2) is 27.6 Å². The molecule has 30 heavy (non-hydrogen) atoms. The number of aromatic nitrogens is 1. The molecule has 0 bridgehead atoms. The number of aryl methyl sites for hydroxylation is 4. The summed E-state index contributed by atoms with van der Waals surface area (Å²) in [5.74, 6) is 0.605. The van der Waals surface area contributed by atoms with Crippen LogP contribution in [0.4, 0.5) is 0 Å². The Morgan fingerprint density at radius 2 is 1.90 bits per heavy atom. The van der Waals surface area contributed by atoms with E-state index >= 15 is 0 Å². The summed E-state index contributed by atoms with van der Waals surface area (Å²) in [5, 5.41) is 3.94. The summed E-state index contributed by atoms with van der Waals surface area (Å²) in [5.41, 5.74) is 4.14. The summed E-state index contributed by atoms with van der Waals surface area (Å²) < 4.78 is 32.9. The Labute approximate surface area is 178 Å². The number of nitrogens with zero attached hydrogens (tertiary/aromatic N) is 3. The SMILES string of the molecule is Cc1noc(C)c1CN(C)C(=O)C1CCN(S(=O)(=O)c2ccc3c(c2)CCC3)CC1. The molecule has 0 saturated carbocycles. The molecule has 0 unspecified atom stereocenters. The fraction of sp³-hybridized carbons (Fsp3) is 0.545. The summed E-state index contributed by atoms with van der Waals surface area (Å²) >= 11 is 0. The number of carbonyl (C=O) groups excluding carboxylic acids is 1. The van der Waals surface area contributed by atoms with E-state index in [1.165, 1.54) is 9.87 Å². The molecule has 1 aromatic heterocycles. The van der Waals surface area contributed by atoms with Gasteiger partial charge < -0.3 is 9.42 Å². The molecule has 162 valence electrons. The van der Waals surface area contributed by atoms with Crippen LogP contribution < -0.4 is 0 Å². The van der Waals surface area contributed by atoms with Gasteiger partial charge in [-0.3, -0.25) is 4.79 Å². The van der Waals surface area contributed by atoms with E-state index in [2.05, 4.69) is 5.16 Å². The molecule has 4 rings (SSSR count). The lowest BCUT2D eigenvalue weighted by Crippen LogP contribution is -2.43. The molecule has 0 radical (unpaired) electrons. The first-order valence-corrected chi connectivity index (χ1v) is 12.0. The van der Waals surface area contributed by atoms with Crippen LogP contribution in [0.25, 0.3) is 0 Å². The van der Waals surface area contributed by atoms with Gasteiger partial charge in [-0.2, -0.15) is 4.31 Å². The standard InChI is InChI=1S/C22H29N3O4S/c1-15-21(16(2)29-23-15)14-24(3)22(26)18-9-11-25(12-10-18)30(27,28)20-8-7-17-5-4-6-19(17)13-20/h7-8,13,18H,4-6,9-12,14H2,1-3H3. The van der Waals surface area contributed by atoms with Crippen molar-refractivity contribution < 1.29 is 17.7 Å². The monoisotopic (exact) mass is 431 g/mol. The van der Waals surface area contributed by atoms with Crippen molar-refractivity contribution in [3.63, 3.8) is 0 Å². The van der Waals surface area contributed by atoms with Gasteiger partial charge in [0, 0.05) is 31.6 Å². The molecule has 8 heteroatoms. The molecule has 1 saturated heterocycles. The Kier molecular flexibility index (Phi) is 5.72. The quantitative estimate of drug-likeness (QED) is 0.727. The second-order valence-electron chi connectivity index (χ2n) is 8.46. The molecule has 2 aliphatic rings. The number of carbonyl (C=O) groups is 1. The number of piperidine rings is 1. The Morgan fingerprint density at radius 3 is 2.57 bits per heavy atom. The Morgan fingerprint density at radius 1 is 1.20 bits per heavy atom. The summed E-state index contributed by atoms with van der Waals surface area (Å²) in [6.07, 6.45) is 4.15. The van der Waals surface area contributed by atoms with Gasteiger partial charge in [-0.25, -0.2) is 8.42 Å². The number of sulfonamides is 1. The van der Waals surface area contributed by atoms with E-state index in [1.54, 1.807) is 18.0 Å². The zero-order valence-corrected chi connectivity index (χ0v) is 18.7. The van der Waals surface area contributed by atoms with E-state index in [0.29, 0.717) is 37.4 Å². The van der Waals surface area contributed by atoms with Crippen LogP contribution in [0.2, 0.25) is 0 Å². The molecule has 0 N–H and O–H groups in total. The van der Waals surface area contributed by atoms with Gasteiger partial charge in [0.05, 0.1) is 17.1 Å². The number of rotatable bonds is 5. The molecular weight excluding hydrogens is 402 g/mol. The third-order valence-electron chi connectivity index (χ3n) is 6.46. The molecule has 1 amide bonds. The van der Waals surface area contributed by atoms with Gasteiger partial charge in [0.2, 0.25) is 15.9 Å². The van der Waals surface area contributed by atoms with Crippen molar-refractivity contribution in [3.8, 4) is 0 Å². The van der Waals surface area contributed by atoms with E-state index in [-0.39, 0.29) is 11.8 Å². The number of benzene rings is 1. The highest BCUT2D eigenvalue weighted by Crippen LogP contribution is 2.29. The van der Waals surface area contributed by atoms with Gasteiger partial charge in [-0.15, -0.1) is 0 Å². The second kappa shape index (κ2) is 8.15. The predicted octanol–water partition coefficient (Wildman–Crippen LogP) is 2.84. The number of hydrogen-bond donors (Lipinski definition) is 0. The molecule has 1 aromatic carbocycles. The minimum Gasteiger partial charge on any atom is -0.361 e. The van der Waals surface area contributed by atoms with Gasteiger partial charge in [0.1, 0.15) is 5.76 Å². The lowest BCUT2D eigenvalue weighted by atomic mass is 9.96. The predicted molar refractivity (Wildman–Crippen MR) is 112 cm³/mol. The van der Waals surface area contributed by atoms with Gasteiger partial charge >= 0.3 is 0 Å². The summed E-state index contributed by atoms with van der Waals surface area (Å²) in [4.78, 5) is 15.0. The van der Waals surface area contributed by atoms with Crippen LogP contribution in [-0.2, 0) is 34.2 Å². The zero-order valence-electron chi connectivity index (χ0n) is 17.8. The minimum absolute atomic E-state index is 0.0459. The van der Waals surface area contributed by atoms with E-state index < -0.39 is 10.0 Å². The minimum atomic E-state index is -3.52. The molecule has 1 aliphatic heterocycles. The summed E-state index contributed by atoms with van der Waals surface area (Å²) in [7, 11) is -1.74. The molecular formula is C22H29N3O4S. The van der Waals surface area contributed by atoms with E-state index in [9.17, 15) is 13.2 Å². The molecule has 2 aromatic rings. The third kappa shape index (κ3) is 3.90. The third-order valence-corrected chi connectivity index (χ3v) is 8.36. The van der Waals surface area contributed by atoms with Crippen LogP contribution in [0, 0.1) is 19.8 Å². The maximum atomic E-state index is 13.1. The van der Waals surface area contributed by atoms with Crippen molar-refractivity contribution >= 4 is 15.9 Å². The van der Waals surface area contributed by atoms with Gasteiger partial charge in [0.25, 0.3) is 0 Å². The number of fused-ring (bicyclic) bond motifs is 1. The van der Waals surface area contributed by atoms with E-state index in [0.717, 1.165) is 41.8 Å². The Bertz CT molecular complexity index is 1030. The normalized spacial score (nSPS) is 17.8. The van der Waals surface area contributed by atoms with Crippen molar-refractivity contribution in [2.45, 2.75) is 57.4 Å². The average molecular weight is 432 g/mol. The van der Waals surface area contributed by atoms with E-state index in [4.69, 9.17) is 4.52 Å². The second-order valence-corrected chi connectivity index (χ2v) is 10.4. The van der Waals surface area contributed by atoms with Gasteiger partial charge in [0.15, 0.2) is 0 Å². The summed E-state index contributed by atoms with van der Waals surface area (Å²) in [6.45, 7) is 4.90. The lowest BCUT2D eigenvalue weighted by Gasteiger charge is -2.32. The fourth-order valence-corrected chi connectivity index (χ4v) is 6.08. The largest absolute Gasteiger partial charge is 0.361 e. The average Bonchev–Trinajstić information content (AvgIpc) is 3.34. The van der Waals surface area contributed by atoms with Crippen molar-refractivity contribution in [2.24, 2.45) is 5.92 Å².